The molecule has 25 heavy (non-hydrogen) atoms. The number of carbonyl (C=O) groups is 1. The van der Waals surface area contributed by atoms with E-state index in [0.29, 0.717) is 24.3 Å². The summed E-state index contributed by atoms with van der Waals surface area (Å²) < 4.78 is 5.32. The van der Waals surface area contributed by atoms with Gasteiger partial charge in [0.2, 0.25) is 5.91 Å². The molecule has 1 aromatic heterocycles. The molecular weight excluding hydrogens is 340 g/mol. The standard InChI is InChI=1S/C18H26N4O2.ClH/c1-12(19-5)10-15-21-16(24-22-15)14-8-6-13(7-9-14)11-20-17(23)18(2,3)4;/h6-9,12,19H,10-11H2,1-5H3,(H,20,23);1H. The van der Waals surface area contributed by atoms with E-state index in [0.717, 1.165) is 17.5 Å². The number of halogens is 1. The molecule has 0 saturated carbocycles. The van der Waals surface area contributed by atoms with E-state index in [1.165, 1.54) is 0 Å². The third-order valence-corrected chi connectivity index (χ3v) is 3.78. The summed E-state index contributed by atoms with van der Waals surface area (Å²) in [4.78, 5) is 16.3. The first-order valence-electron chi connectivity index (χ1n) is 8.17. The number of amides is 1. The molecule has 6 nitrogen and oxygen atoms in total. The van der Waals surface area contributed by atoms with E-state index in [2.05, 4.69) is 27.7 Å². The lowest BCUT2D eigenvalue weighted by atomic mass is 9.95. The van der Waals surface area contributed by atoms with Crippen LogP contribution in [0, 0.1) is 5.41 Å². The lowest BCUT2D eigenvalue weighted by molar-refractivity contribution is -0.128. The number of benzene rings is 1. The minimum absolute atomic E-state index is 0. The molecule has 2 rings (SSSR count). The van der Waals surface area contributed by atoms with Crippen molar-refractivity contribution < 1.29 is 9.32 Å². The Hall–Kier alpha value is -1.92. The van der Waals surface area contributed by atoms with Crippen LogP contribution < -0.4 is 10.6 Å². The van der Waals surface area contributed by atoms with E-state index < -0.39 is 0 Å². The summed E-state index contributed by atoms with van der Waals surface area (Å²) in [6, 6.07) is 8.06. The number of hydrogen-bond acceptors (Lipinski definition) is 5. The van der Waals surface area contributed by atoms with E-state index >= 15 is 0 Å². The summed E-state index contributed by atoms with van der Waals surface area (Å²) in [6.07, 6.45) is 0.719. The predicted octanol–water partition coefficient (Wildman–Crippen LogP) is 2.97. The van der Waals surface area contributed by atoms with E-state index in [9.17, 15) is 4.79 Å². The van der Waals surface area contributed by atoms with Crippen LogP contribution in [0.3, 0.4) is 0 Å². The van der Waals surface area contributed by atoms with Gasteiger partial charge in [-0.2, -0.15) is 4.98 Å². The Kier molecular flexibility index (Phi) is 7.58. The number of carbonyl (C=O) groups excluding carboxylic acids is 1. The largest absolute Gasteiger partial charge is 0.352 e. The van der Waals surface area contributed by atoms with Crippen molar-refractivity contribution in [2.75, 3.05) is 7.05 Å². The summed E-state index contributed by atoms with van der Waals surface area (Å²) in [5.74, 6) is 1.23. The lowest BCUT2D eigenvalue weighted by Crippen LogP contribution is -2.34. The van der Waals surface area contributed by atoms with Crippen LogP contribution in [-0.4, -0.2) is 29.1 Å². The zero-order valence-electron chi connectivity index (χ0n) is 15.4. The van der Waals surface area contributed by atoms with Gasteiger partial charge in [-0.25, -0.2) is 0 Å². The fraction of sp³-hybridized carbons (Fsp3) is 0.500. The van der Waals surface area contributed by atoms with Crippen LogP contribution in [0.2, 0.25) is 0 Å². The third kappa shape index (κ3) is 6.14. The van der Waals surface area contributed by atoms with Crippen LogP contribution in [0.25, 0.3) is 11.5 Å². The molecule has 2 aromatic rings. The Balaban J connectivity index is 0.00000312. The number of hydrogen-bond donors (Lipinski definition) is 2. The van der Waals surface area contributed by atoms with Crippen molar-refractivity contribution in [3.8, 4) is 11.5 Å². The average Bonchev–Trinajstić information content (AvgIpc) is 3.00. The fourth-order valence-corrected chi connectivity index (χ4v) is 2.04. The average molecular weight is 367 g/mol. The Morgan fingerprint density at radius 3 is 2.44 bits per heavy atom. The topological polar surface area (TPSA) is 80.0 Å². The Morgan fingerprint density at radius 2 is 1.88 bits per heavy atom. The van der Waals surface area contributed by atoms with E-state index in [-0.39, 0.29) is 23.7 Å². The van der Waals surface area contributed by atoms with Gasteiger partial charge in [0.15, 0.2) is 5.82 Å². The second-order valence-corrected chi connectivity index (χ2v) is 7.04. The molecule has 0 saturated heterocycles. The van der Waals surface area contributed by atoms with Gasteiger partial charge < -0.3 is 15.2 Å². The van der Waals surface area contributed by atoms with Crippen molar-refractivity contribution in [3.63, 3.8) is 0 Å². The van der Waals surface area contributed by atoms with Crippen molar-refractivity contribution in [2.24, 2.45) is 5.41 Å². The Bertz CT molecular complexity index is 677. The maximum atomic E-state index is 11.9. The van der Waals surface area contributed by atoms with Gasteiger partial charge in [0.05, 0.1) is 0 Å². The Labute approximate surface area is 155 Å². The molecule has 0 spiro atoms. The van der Waals surface area contributed by atoms with Gasteiger partial charge in [-0.3, -0.25) is 4.79 Å². The van der Waals surface area contributed by atoms with Crippen molar-refractivity contribution in [1.29, 1.82) is 0 Å². The molecule has 0 bridgehead atoms. The molecule has 0 aliphatic carbocycles. The zero-order chi connectivity index (χ0) is 17.7. The molecule has 0 aliphatic rings. The van der Waals surface area contributed by atoms with Gasteiger partial charge in [-0.15, -0.1) is 12.4 Å². The quantitative estimate of drug-likeness (QED) is 0.821. The highest BCUT2D eigenvalue weighted by molar-refractivity contribution is 5.85. The van der Waals surface area contributed by atoms with Crippen molar-refractivity contribution in [1.82, 2.24) is 20.8 Å². The van der Waals surface area contributed by atoms with Crippen LogP contribution in [0.4, 0.5) is 0 Å². The van der Waals surface area contributed by atoms with Crippen LogP contribution in [-0.2, 0) is 17.8 Å². The van der Waals surface area contributed by atoms with Crippen molar-refractivity contribution in [2.45, 2.75) is 46.7 Å². The maximum Gasteiger partial charge on any atom is 0.257 e. The summed E-state index contributed by atoms with van der Waals surface area (Å²) >= 11 is 0. The first kappa shape index (κ1) is 21.1. The number of aromatic nitrogens is 2. The molecule has 7 heteroatoms. The summed E-state index contributed by atoms with van der Waals surface area (Å²) in [5.41, 5.74) is 1.52. The molecular formula is C18H27ClN4O2. The smallest absolute Gasteiger partial charge is 0.257 e. The Morgan fingerprint density at radius 1 is 1.24 bits per heavy atom. The maximum absolute atomic E-state index is 11.9. The van der Waals surface area contributed by atoms with Gasteiger partial charge in [0.1, 0.15) is 0 Å². The molecule has 0 fully saturated rings. The summed E-state index contributed by atoms with van der Waals surface area (Å²) in [5, 5.41) is 10.1. The zero-order valence-corrected chi connectivity index (χ0v) is 16.2. The fourth-order valence-electron chi connectivity index (χ4n) is 2.04. The van der Waals surface area contributed by atoms with E-state index in [1.807, 2.05) is 52.1 Å². The molecule has 1 heterocycles. The highest BCUT2D eigenvalue weighted by Crippen LogP contribution is 2.19. The van der Waals surface area contributed by atoms with Gasteiger partial charge in [0, 0.05) is 30.0 Å². The summed E-state index contributed by atoms with van der Waals surface area (Å²) in [7, 11) is 1.91. The molecule has 1 unspecified atom stereocenters. The highest BCUT2D eigenvalue weighted by atomic mass is 35.5. The minimum atomic E-state index is -0.384. The number of nitrogens with one attached hydrogen (secondary N) is 2. The number of likely N-dealkylation sites (N-methyl/N-ethyl adjacent to an activating group) is 1. The second kappa shape index (κ2) is 8.97. The molecule has 138 valence electrons. The number of nitrogens with zero attached hydrogens (tertiary/aromatic N) is 2. The second-order valence-electron chi connectivity index (χ2n) is 7.04. The normalized spacial score (nSPS) is 12.4. The van der Waals surface area contributed by atoms with Crippen LogP contribution >= 0.6 is 12.4 Å². The van der Waals surface area contributed by atoms with Gasteiger partial charge in [-0.05, 0) is 31.7 Å². The first-order chi connectivity index (χ1) is 11.3. The van der Waals surface area contributed by atoms with Gasteiger partial charge in [-0.1, -0.05) is 38.1 Å². The van der Waals surface area contributed by atoms with Crippen LogP contribution in [0.5, 0.6) is 0 Å². The van der Waals surface area contributed by atoms with Gasteiger partial charge >= 0.3 is 0 Å². The molecule has 1 aromatic carbocycles. The first-order valence-corrected chi connectivity index (χ1v) is 8.17. The molecule has 2 N–H and O–H groups in total. The van der Waals surface area contributed by atoms with Gasteiger partial charge in [0.25, 0.3) is 5.89 Å². The van der Waals surface area contributed by atoms with Crippen molar-refractivity contribution in [3.05, 3.63) is 35.7 Å². The molecule has 1 amide bonds. The van der Waals surface area contributed by atoms with Crippen molar-refractivity contribution >= 4 is 18.3 Å². The summed E-state index contributed by atoms with van der Waals surface area (Å²) in [6.45, 7) is 8.26. The molecule has 0 radical (unpaired) electrons. The third-order valence-electron chi connectivity index (χ3n) is 3.78. The van der Waals surface area contributed by atoms with E-state index in [1.54, 1.807) is 0 Å². The molecule has 1 atom stereocenters. The monoisotopic (exact) mass is 366 g/mol. The predicted molar refractivity (Wildman–Crippen MR) is 101 cm³/mol. The SMILES string of the molecule is CNC(C)Cc1noc(-c2ccc(CNC(=O)C(C)(C)C)cc2)n1.Cl. The minimum Gasteiger partial charge on any atom is -0.352 e. The van der Waals surface area contributed by atoms with Crippen LogP contribution in [0.1, 0.15) is 39.1 Å². The number of rotatable bonds is 6. The highest BCUT2D eigenvalue weighted by Gasteiger charge is 2.20. The van der Waals surface area contributed by atoms with Crippen LogP contribution in [0.15, 0.2) is 28.8 Å². The molecule has 0 aliphatic heterocycles. The lowest BCUT2D eigenvalue weighted by Gasteiger charge is -2.17. The van der Waals surface area contributed by atoms with E-state index in [4.69, 9.17) is 4.52 Å².